The van der Waals surface area contributed by atoms with E-state index >= 15 is 0 Å². The first-order chi connectivity index (χ1) is 8.02. The van der Waals surface area contributed by atoms with Crippen LogP contribution in [0.2, 0.25) is 0 Å². The van der Waals surface area contributed by atoms with E-state index in [2.05, 4.69) is 39.0 Å². The first-order valence-corrected chi connectivity index (χ1v) is 6.95. The van der Waals surface area contributed by atoms with E-state index in [-0.39, 0.29) is 17.4 Å². The van der Waals surface area contributed by atoms with Gasteiger partial charge >= 0.3 is 0 Å². The summed E-state index contributed by atoms with van der Waals surface area (Å²) < 4.78 is 5.78. The minimum Gasteiger partial charge on any atom is -0.371 e. The molecule has 2 heterocycles. The third-order valence-electron chi connectivity index (χ3n) is 3.13. The molecule has 2 rings (SSSR count). The number of hydrogen-bond acceptors (Lipinski definition) is 3. The minimum atomic E-state index is -0.00477. The van der Waals surface area contributed by atoms with Crippen LogP contribution < -0.4 is 0 Å². The molecule has 2 unspecified atom stereocenters. The molecular weight excluding hydrogens is 230 g/mol. The quantitative estimate of drug-likeness (QED) is 0.752. The molecule has 1 fully saturated rings. The lowest BCUT2D eigenvalue weighted by Crippen LogP contribution is -2.20. The van der Waals surface area contributed by atoms with Crippen molar-refractivity contribution in [1.82, 2.24) is 0 Å². The van der Waals surface area contributed by atoms with Gasteiger partial charge in [-0.15, -0.1) is 11.3 Å². The van der Waals surface area contributed by atoms with Crippen LogP contribution in [0.5, 0.6) is 0 Å². The predicted octanol–water partition coefficient (Wildman–Crippen LogP) is 4.04. The molecule has 0 amide bonds. The van der Waals surface area contributed by atoms with Crippen LogP contribution in [0.1, 0.15) is 49.5 Å². The highest BCUT2D eigenvalue weighted by atomic mass is 32.1. The Balaban J connectivity index is 2.22. The van der Waals surface area contributed by atoms with E-state index in [1.54, 1.807) is 11.3 Å². The maximum Gasteiger partial charge on any atom is 0.107 e. The fourth-order valence-corrected chi connectivity index (χ4v) is 3.28. The lowest BCUT2D eigenvalue weighted by atomic mass is 9.94. The van der Waals surface area contributed by atoms with Gasteiger partial charge in [-0.3, -0.25) is 0 Å². The highest BCUT2D eigenvalue weighted by Crippen LogP contribution is 2.39. The molecule has 2 nitrogen and oxygen atoms in total. The van der Waals surface area contributed by atoms with E-state index in [4.69, 9.17) is 10.00 Å². The third-order valence-corrected chi connectivity index (χ3v) is 4.71. The number of ether oxygens (including phenoxy) is 1. The van der Waals surface area contributed by atoms with Gasteiger partial charge < -0.3 is 4.74 Å². The molecule has 0 aromatic carbocycles. The summed E-state index contributed by atoms with van der Waals surface area (Å²) in [6.07, 6.45) is 1.96. The molecule has 0 aliphatic carbocycles. The Morgan fingerprint density at radius 2 is 2.18 bits per heavy atom. The fourth-order valence-electron chi connectivity index (χ4n) is 2.10. The number of hydrogen-bond donors (Lipinski definition) is 0. The summed E-state index contributed by atoms with van der Waals surface area (Å²) in [6.45, 7) is 7.43. The van der Waals surface area contributed by atoms with Gasteiger partial charge in [0, 0.05) is 16.4 Å². The van der Waals surface area contributed by atoms with E-state index in [0.29, 0.717) is 0 Å². The Morgan fingerprint density at radius 1 is 1.41 bits per heavy atom. The van der Waals surface area contributed by atoms with Crippen LogP contribution in [0.4, 0.5) is 0 Å². The summed E-state index contributed by atoms with van der Waals surface area (Å²) in [5.74, 6) is 0.0234. The van der Waals surface area contributed by atoms with Crippen molar-refractivity contribution in [2.75, 3.05) is 6.61 Å². The van der Waals surface area contributed by atoms with Gasteiger partial charge in [-0.05, 0) is 30.4 Å². The number of nitrogens with zero attached hydrogens (tertiary/aromatic N) is 1. The highest BCUT2D eigenvalue weighted by molar-refractivity contribution is 7.12. The van der Waals surface area contributed by atoms with E-state index < -0.39 is 0 Å². The zero-order valence-corrected chi connectivity index (χ0v) is 11.5. The molecule has 1 aliphatic heterocycles. The van der Waals surface area contributed by atoms with Crippen LogP contribution in [0, 0.1) is 17.2 Å². The molecule has 1 aliphatic rings. The van der Waals surface area contributed by atoms with Crippen molar-refractivity contribution in [3.05, 3.63) is 21.9 Å². The van der Waals surface area contributed by atoms with E-state index in [1.165, 1.54) is 9.75 Å². The molecule has 0 spiro atoms. The topological polar surface area (TPSA) is 33.0 Å². The Hall–Kier alpha value is -0.850. The summed E-state index contributed by atoms with van der Waals surface area (Å²) in [7, 11) is 0. The average molecular weight is 249 g/mol. The van der Waals surface area contributed by atoms with Crippen LogP contribution in [0.25, 0.3) is 0 Å². The zero-order chi connectivity index (χ0) is 12.5. The first kappa shape index (κ1) is 12.6. The summed E-state index contributed by atoms with van der Waals surface area (Å²) in [4.78, 5) is 2.57. The van der Waals surface area contributed by atoms with Crippen molar-refractivity contribution in [3.63, 3.8) is 0 Å². The smallest absolute Gasteiger partial charge is 0.107 e. The summed E-state index contributed by atoms with van der Waals surface area (Å²) in [5.41, 5.74) is 0.180. The monoisotopic (exact) mass is 249 g/mol. The van der Waals surface area contributed by atoms with Crippen LogP contribution in [0.15, 0.2) is 12.1 Å². The predicted molar refractivity (Wildman–Crippen MR) is 70.0 cm³/mol. The Morgan fingerprint density at radius 3 is 2.76 bits per heavy atom. The molecule has 1 aromatic heterocycles. The maximum atomic E-state index is 9.16. The van der Waals surface area contributed by atoms with Gasteiger partial charge in [0.15, 0.2) is 0 Å². The van der Waals surface area contributed by atoms with Crippen molar-refractivity contribution >= 4 is 11.3 Å². The van der Waals surface area contributed by atoms with Crippen molar-refractivity contribution in [2.45, 2.75) is 45.1 Å². The molecule has 92 valence electrons. The van der Waals surface area contributed by atoms with Crippen LogP contribution in [-0.2, 0) is 10.2 Å². The van der Waals surface area contributed by atoms with Gasteiger partial charge in [-0.25, -0.2) is 0 Å². The molecule has 0 saturated carbocycles. The van der Waals surface area contributed by atoms with Gasteiger partial charge in [0.2, 0.25) is 0 Å². The average Bonchev–Trinajstić information content (AvgIpc) is 2.77. The Kier molecular flexibility index (Phi) is 3.56. The fraction of sp³-hybridized carbons (Fsp3) is 0.643. The van der Waals surface area contributed by atoms with Crippen LogP contribution >= 0.6 is 11.3 Å². The minimum absolute atomic E-state index is 0.00477. The summed E-state index contributed by atoms with van der Waals surface area (Å²) >= 11 is 1.79. The van der Waals surface area contributed by atoms with Crippen molar-refractivity contribution in [2.24, 2.45) is 5.92 Å². The molecule has 3 heteroatoms. The first-order valence-electron chi connectivity index (χ1n) is 6.14. The summed E-state index contributed by atoms with van der Waals surface area (Å²) in [5, 5.41) is 9.16. The highest BCUT2D eigenvalue weighted by Gasteiger charge is 2.29. The van der Waals surface area contributed by atoms with Crippen molar-refractivity contribution < 1.29 is 4.74 Å². The molecule has 0 radical (unpaired) electrons. The second-order valence-electron chi connectivity index (χ2n) is 5.62. The van der Waals surface area contributed by atoms with Crippen LogP contribution in [-0.4, -0.2) is 6.61 Å². The summed E-state index contributed by atoms with van der Waals surface area (Å²) in [6, 6.07) is 6.69. The SMILES string of the molecule is CC(C)(C)c1ccc(C2OCCCC2C#N)s1. The molecule has 1 saturated heterocycles. The Labute approximate surface area is 107 Å². The lowest BCUT2D eigenvalue weighted by molar-refractivity contribution is -0.00791. The molecule has 2 atom stereocenters. The normalized spacial score (nSPS) is 25.5. The van der Waals surface area contributed by atoms with Gasteiger partial charge in [-0.1, -0.05) is 20.8 Å². The van der Waals surface area contributed by atoms with E-state index in [1.807, 2.05) is 0 Å². The number of nitriles is 1. The lowest BCUT2D eigenvalue weighted by Gasteiger charge is -2.26. The molecule has 0 N–H and O–H groups in total. The van der Waals surface area contributed by atoms with Crippen molar-refractivity contribution in [1.29, 1.82) is 5.26 Å². The Bertz CT molecular complexity index is 424. The van der Waals surface area contributed by atoms with E-state index in [9.17, 15) is 0 Å². The second-order valence-corrected chi connectivity index (χ2v) is 6.74. The number of thiophene rings is 1. The van der Waals surface area contributed by atoms with Crippen LogP contribution in [0.3, 0.4) is 0 Å². The third kappa shape index (κ3) is 2.70. The molecular formula is C14H19NOS. The van der Waals surface area contributed by atoms with Gasteiger partial charge in [0.05, 0.1) is 12.0 Å². The zero-order valence-electron chi connectivity index (χ0n) is 10.7. The van der Waals surface area contributed by atoms with Gasteiger partial charge in [0.1, 0.15) is 6.10 Å². The van der Waals surface area contributed by atoms with Crippen molar-refractivity contribution in [3.8, 4) is 6.07 Å². The van der Waals surface area contributed by atoms with Gasteiger partial charge in [-0.2, -0.15) is 5.26 Å². The molecule has 0 bridgehead atoms. The van der Waals surface area contributed by atoms with E-state index in [0.717, 1.165) is 19.4 Å². The maximum absolute atomic E-state index is 9.16. The van der Waals surface area contributed by atoms with Gasteiger partial charge in [0.25, 0.3) is 0 Å². The molecule has 1 aromatic rings. The standard InChI is InChI=1S/C14H19NOS/c1-14(2,3)12-7-6-11(17-12)13-10(9-15)5-4-8-16-13/h6-7,10,13H,4-5,8H2,1-3H3. The molecule has 17 heavy (non-hydrogen) atoms. The largest absolute Gasteiger partial charge is 0.371 e. The number of rotatable bonds is 1. The second kappa shape index (κ2) is 4.80.